The van der Waals surface area contributed by atoms with Crippen LogP contribution in [0.4, 0.5) is 0 Å². The molecule has 0 aliphatic carbocycles. The second kappa shape index (κ2) is 9.23. The minimum Gasteiger partial charge on any atom is -0.445 e. The van der Waals surface area contributed by atoms with Crippen molar-refractivity contribution in [2.45, 2.75) is 0 Å². The molecule has 4 aromatic rings. The van der Waals surface area contributed by atoms with Crippen LogP contribution in [0.25, 0.3) is 34.9 Å². The van der Waals surface area contributed by atoms with Crippen LogP contribution < -0.4 is 9.47 Å². The number of hydrogen-bond acceptors (Lipinski definition) is 9. The van der Waals surface area contributed by atoms with Crippen LogP contribution in [-0.4, -0.2) is 32.9 Å². The topological polar surface area (TPSA) is 117 Å². The van der Waals surface area contributed by atoms with Crippen molar-refractivity contribution in [1.29, 1.82) is 0 Å². The third-order valence-corrected chi connectivity index (χ3v) is 4.08. The molecule has 9 heteroatoms. The molecule has 4 rings (SSSR count). The zero-order valence-corrected chi connectivity index (χ0v) is 15.9. The normalized spacial score (nSPS) is 10.7. The van der Waals surface area contributed by atoms with E-state index in [4.69, 9.17) is 13.9 Å². The Kier molecular flexibility index (Phi) is 5.85. The molecule has 152 valence electrons. The largest absolute Gasteiger partial charge is 0.445 e. The molecule has 0 aliphatic heterocycles. The molecule has 31 heavy (non-hydrogen) atoms. The molecule has 0 bridgehead atoms. The van der Waals surface area contributed by atoms with Crippen molar-refractivity contribution in [3.05, 3.63) is 72.7 Å². The van der Waals surface area contributed by atoms with Crippen molar-refractivity contribution in [2.24, 2.45) is 0 Å². The van der Waals surface area contributed by atoms with Crippen LogP contribution in [0.1, 0.15) is 11.5 Å². The molecule has 0 saturated heterocycles. The molecule has 0 atom stereocenters. The maximum absolute atomic E-state index is 10.9. The first-order valence-electron chi connectivity index (χ1n) is 8.98. The van der Waals surface area contributed by atoms with Gasteiger partial charge >= 0.3 is 0 Å². The summed E-state index contributed by atoms with van der Waals surface area (Å²) < 4.78 is 15.1. The fourth-order valence-electron chi connectivity index (χ4n) is 2.75. The first kappa shape index (κ1) is 19.6. The van der Waals surface area contributed by atoms with Gasteiger partial charge in [0.15, 0.2) is 0 Å². The summed E-state index contributed by atoms with van der Waals surface area (Å²) in [5, 5.41) is 0. The van der Waals surface area contributed by atoms with E-state index in [1.54, 1.807) is 36.7 Å². The van der Waals surface area contributed by atoms with Crippen LogP contribution >= 0.6 is 0 Å². The lowest BCUT2D eigenvalue weighted by molar-refractivity contribution is -0.121. The second-order valence-corrected chi connectivity index (χ2v) is 6.06. The SMILES string of the molecule is O=COc1ccnc(-c2cc(OC=O)cc(-c3cc(/C=C/c4ncco4)ccn3)n2)c1. The van der Waals surface area contributed by atoms with E-state index in [0.29, 0.717) is 47.4 Å². The number of aromatic nitrogens is 4. The van der Waals surface area contributed by atoms with Crippen molar-refractivity contribution < 1.29 is 23.5 Å². The van der Waals surface area contributed by atoms with Gasteiger partial charge in [-0.2, -0.15) is 0 Å². The van der Waals surface area contributed by atoms with Crippen LogP contribution in [0.5, 0.6) is 11.5 Å². The highest BCUT2D eigenvalue weighted by molar-refractivity contribution is 5.71. The highest BCUT2D eigenvalue weighted by Gasteiger charge is 2.11. The Hall–Kier alpha value is -4.66. The second-order valence-electron chi connectivity index (χ2n) is 6.06. The molecule has 0 aromatic carbocycles. The minimum atomic E-state index is 0.265. The summed E-state index contributed by atoms with van der Waals surface area (Å²) in [4.78, 5) is 38.8. The molecule has 4 aromatic heterocycles. The maximum Gasteiger partial charge on any atom is 0.298 e. The average molecular weight is 414 g/mol. The Morgan fingerprint density at radius 1 is 0.710 bits per heavy atom. The maximum atomic E-state index is 10.9. The predicted molar refractivity (Wildman–Crippen MR) is 110 cm³/mol. The van der Waals surface area contributed by atoms with Gasteiger partial charge in [0.1, 0.15) is 17.8 Å². The van der Waals surface area contributed by atoms with Gasteiger partial charge in [-0.15, -0.1) is 0 Å². The van der Waals surface area contributed by atoms with E-state index in [-0.39, 0.29) is 5.75 Å². The van der Waals surface area contributed by atoms with E-state index in [2.05, 4.69) is 19.9 Å². The molecule has 0 amide bonds. The number of rotatable bonds is 8. The molecular formula is C22H14N4O5. The number of hydrogen-bond donors (Lipinski definition) is 0. The molecule has 0 radical (unpaired) electrons. The Labute approximate surface area is 176 Å². The molecule has 9 nitrogen and oxygen atoms in total. The van der Waals surface area contributed by atoms with Crippen LogP contribution in [0.3, 0.4) is 0 Å². The number of nitrogens with zero attached hydrogens (tertiary/aromatic N) is 4. The van der Waals surface area contributed by atoms with E-state index in [9.17, 15) is 9.59 Å². The van der Waals surface area contributed by atoms with E-state index in [1.807, 2.05) is 18.2 Å². The molecule has 0 N–H and O–H groups in total. The van der Waals surface area contributed by atoms with Gasteiger partial charge in [0.05, 0.1) is 29.0 Å². The number of oxazole rings is 1. The van der Waals surface area contributed by atoms with Crippen LogP contribution in [0.2, 0.25) is 0 Å². The van der Waals surface area contributed by atoms with E-state index in [1.165, 1.54) is 18.5 Å². The molecule has 0 aliphatic rings. The quantitative estimate of drug-likeness (QED) is 0.400. The molecule has 0 spiro atoms. The smallest absolute Gasteiger partial charge is 0.298 e. The van der Waals surface area contributed by atoms with Crippen molar-refractivity contribution in [3.8, 4) is 34.3 Å². The van der Waals surface area contributed by atoms with Gasteiger partial charge in [0, 0.05) is 36.7 Å². The van der Waals surface area contributed by atoms with Crippen molar-refractivity contribution in [1.82, 2.24) is 19.9 Å². The highest BCUT2D eigenvalue weighted by Crippen LogP contribution is 2.28. The first-order valence-corrected chi connectivity index (χ1v) is 8.98. The van der Waals surface area contributed by atoms with Gasteiger partial charge in [-0.1, -0.05) is 0 Å². The lowest BCUT2D eigenvalue weighted by atomic mass is 10.1. The number of ether oxygens (including phenoxy) is 2. The first-order chi connectivity index (χ1) is 15.2. The standard InChI is InChI=1S/C22H14N4O5/c27-13-30-16-4-6-24-19(10-16)21-12-17(31-14-28)11-20(26-21)18-9-15(3-5-23-18)1-2-22-25-7-8-29-22/h1-14H/b2-1+. The van der Waals surface area contributed by atoms with E-state index in [0.717, 1.165) is 5.56 Å². The van der Waals surface area contributed by atoms with Crippen LogP contribution in [0.15, 0.2) is 65.7 Å². The summed E-state index contributed by atoms with van der Waals surface area (Å²) in [7, 11) is 0. The third kappa shape index (κ3) is 4.85. The van der Waals surface area contributed by atoms with Gasteiger partial charge in [-0.25, -0.2) is 9.97 Å². The Balaban J connectivity index is 1.73. The number of carbonyl (C=O) groups excluding carboxylic acids is 2. The molecule has 0 unspecified atom stereocenters. The zero-order chi connectivity index (χ0) is 21.5. The van der Waals surface area contributed by atoms with Crippen molar-refractivity contribution in [2.75, 3.05) is 0 Å². The Morgan fingerprint density at radius 3 is 2.10 bits per heavy atom. The highest BCUT2D eigenvalue weighted by atomic mass is 16.5. The summed E-state index contributed by atoms with van der Waals surface area (Å²) in [6.07, 6.45) is 9.72. The Bertz CT molecular complexity index is 1240. The monoisotopic (exact) mass is 414 g/mol. The zero-order valence-electron chi connectivity index (χ0n) is 15.9. The summed E-state index contributed by atoms with van der Waals surface area (Å²) in [6, 6.07) is 9.86. The minimum absolute atomic E-state index is 0.265. The van der Waals surface area contributed by atoms with Gasteiger partial charge in [-0.05, 0) is 29.8 Å². The van der Waals surface area contributed by atoms with Crippen molar-refractivity contribution in [3.63, 3.8) is 0 Å². The van der Waals surface area contributed by atoms with Gasteiger partial charge in [-0.3, -0.25) is 19.6 Å². The molecular weight excluding hydrogens is 400 g/mol. The number of carbonyl (C=O) groups is 2. The lowest BCUT2D eigenvalue weighted by Crippen LogP contribution is -1.97. The molecule has 0 saturated carbocycles. The fraction of sp³-hybridized carbons (Fsp3) is 0. The van der Waals surface area contributed by atoms with Gasteiger partial charge in [0.25, 0.3) is 12.9 Å². The summed E-state index contributed by atoms with van der Waals surface area (Å²) in [5.74, 6) is 1.05. The van der Waals surface area contributed by atoms with Gasteiger partial charge in [0.2, 0.25) is 5.89 Å². The van der Waals surface area contributed by atoms with Gasteiger partial charge < -0.3 is 13.9 Å². The van der Waals surface area contributed by atoms with Crippen LogP contribution in [0, 0.1) is 0 Å². The summed E-state index contributed by atoms with van der Waals surface area (Å²) >= 11 is 0. The fourth-order valence-corrected chi connectivity index (χ4v) is 2.75. The summed E-state index contributed by atoms with van der Waals surface area (Å²) in [6.45, 7) is 0.649. The third-order valence-electron chi connectivity index (χ3n) is 4.08. The molecule has 4 heterocycles. The van der Waals surface area contributed by atoms with Crippen molar-refractivity contribution >= 4 is 25.1 Å². The lowest BCUT2D eigenvalue weighted by Gasteiger charge is -2.08. The predicted octanol–water partition coefficient (Wildman–Crippen LogP) is 3.43. The Morgan fingerprint density at radius 2 is 1.39 bits per heavy atom. The number of pyridine rings is 3. The van der Waals surface area contributed by atoms with E-state index < -0.39 is 0 Å². The average Bonchev–Trinajstić information content (AvgIpc) is 3.32. The summed E-state index contributed by atoms with van der Waals surface area (Å²) in [5.41, 5.74) is 2.69. The van der Waals surface area contributed by atoms with E-state index >= 15 is 0 Å². The molecule has 0 fully saturated rings. The van der Waals surface area contributed by atoms with Crippen LogP contribution in [-0.2, 0) is 9.59 Å².